The number of aryl methyl sites for hydroxylation is 2. The van der Waals surface area contributed by atoms with Crippen LogP contribution < -0.4 is 10.6 Å². The van der Waals surface area contributed by atoms with E-state index in [1.165, 1.54) is 16.0 Å². The topological polar surface area (TPSA) is 41.1 Å². The van der Waals surface area contributed by atoms with E-state index in [-0.39, 0.29) is 24.5 Å². The lowest BCUT2D eigenvalue weighted by Crippen LogP contribution is -2.37. The Balaban J connectivity index is 1.63. The molecule has 0 fully saturated rings. The van der Waals surface area contributed by atoms with Gasteiger partial charge in [0, 0.05) is 4.88 Å². The lowest BCUT2D eigenvalue weighted by molar-refractivity contribution is -0.121. The van der Waals surface area contributed by atoms with Gasteiger partial charge in [-0.1, -0.05) is 54.6 Å². The van der Waals surface area contributed by atoms with E-state index in [2.05, 4.69) is 66.3 Å². The molecule has 0 aliphatic carbocycles. The van der Waals surface area contributed by atoms with Gasteiger partial charge in [0.2, 0.25) is 5.91 Å². The molecule has 0 unspecified atom stereocenters. The zero-order chi connectivity index (χ0) is 19.2. The van der Waals surface area contributed by atoms with E-state index >= 15 is 0 Å². The van der Waals surface area contributed by atoms with Crippen molar-refractivity contribution in [1.29, 1.82) is 0 Å². The summed E-state index contributed by atoms with van der Waals surface area (Å²) in [6.07, 6.45) is 0. The maximum Gasteiger partial charge on any atom is 0.234 e. The van der Waals surface area contributed by atoms with E-state index in [4.69, 9.17) is 0 Å². The van der Waals surface area contributed by atoms with Crippen LogP contribution in [0.5, 0.6) is 0 Å². The molecule has 3 nitrogen and oxygen atoms in total. The van der Waals surface area contributed by atoms with E-state index < -0.39 is 0 Å². The second-order valence-corrected chi connectivity index (χ2v) is 7.85. The normalized spacial score (nSPS) is 13.1. The van der Waals surface area contributed by atoms with Gasteiger partial charge in [-0.25, -0.2) is 0 Å². The van der Waals surface area contributed by atoms with Gasteiger partial charge in [0.15, 0.2) is 0 Å². The van der Waals surface area contributed by atoms with Crippen molar-refractivity contribution in [2.45, 2.75) is 32.9 Å². The molecule has 1 aromatic heterocycles. The van der Waals surface area contributed by atoms with Crippen molar-refractivity contribution >= 4 is 17.2 Å². The molecule has 3 rings (SSSR count). The Morgan fingerprint density at radius 2 is 1.74 bits per heavy atom. The van der Waals surface area contributed by atoms with E-state index in [1.807, 2.05) is 31.2 Å². The highest BCUT2D eigenvalue weighted by atomic mass is 32.1. The highest BCUT2D eigenvalue weighted by molar-refractivity contribution is 7.10. The first-order valence-electron chi connectivity index (χ1n) is 9.23. The lowest BCUT2D eigenvalue weighted by Gasteiger charge is -2.20. The third kappa shape index (κ3) is 5.06. The predicted octanol–water partition coefficient (Wildman–Crippen LogP) is 4.92. The Labute approximate surface area is 165 Å². The monoisotopic (exact) mass is 378 g/mol. The number of benzene rings is 2. The standard InChI is InChI=1S/C23H26N2OS/c1-16-11-12-20(14-17(16)2)18(3)25-22(26)15-24-23(21-10-7-13-27-21)19-8-5-4-6-9-19/h4-14,18,23-24H,15H2,1-3H3,(H,25,26)/t18-,23+/m0/s1. The molecule has 140 valence electrons. The number of rotatable bonds is 7. The van der Waals surface area contributed by atoms with Crippen LogP contribution in [-0.4, -0.2) is 12.5 Å². The molecule has 2 atom stereocenters. The first-order valence-corrected chi connectivity index (χ1v) is 10.1. The average molecular weight is 379 g/mol. The van der Waals surface area contributed by atoms with Crippen LogP contribution >= 0.6 is 11.3 Å². The molecule has 1 heterocycles. The van der Waals surface area contributed by atoms with E-state index in [0.29, 0.717) is 0 Å². The largest absolute Gasteiger partial charge is 0.348 e. The van der Waals surface area contributed by atoms with Crippen molar-refractivity contribution < 1.29 is 4.79 Å². The molecule has 0 saturated carbocycles. The molecular formula is C23H26N2OS. The Bertz CT molecular complexity index is 875. The quantitative estimate of drug-likeness (QED) is 0.613. The van der Waals surface area contributed by atoms with Crippen LogP contribution in [0.15, 0.2) is 66.0 Å². The minimum atomic E-state index is -0.0180. The number of amides is 1. The summed E-state index contributed by atoms with van der Waals surface area (Å²) >= 11 is 1.70. The summed E-state index contributed by atoms with van der Waals surface area (Å²) in [5.41, 5.74) is 4.80. The molecule has 2 N–H and O–H groups in total. The van der Waals surface area contributed by atoms with E-state index in [9.17, 15) is 4.79 Å². The molecule has 0 radical (unpaired) electrons. The molecule has 0 aliphatic rings. The molecule has 4 heteroatoms. The lowest BCUT2D eigenvalue weighted by atomic mass is 10.0. The van der Waals surface area contributed by atoms with Crippen LogP contribution in [0.4, 0.5) is 0 Å². The van der Waals surface area contributed by atoms with Crippen molar-refractivity contribution in [3.63, 3.8) is 0 Å². The Morgan fingerprint density at radius 1 is 0.963 bits per heavy atom. The van der Waals surface area contributed by atoms with Gasteiger partial charge in [0.25, 0.3) is 0 Å². The second kappa shape index (κ2) is 8.98. The molecule has 0 spiro atoms. The summed E-state index contributed by atoms with van der Waals surface area (Å²) in [5.74, 6) is -0.00165. The minimum absolute atomic E-state index is 0.00165. The first-order chi connectivity index (χ1) is 13.0. The van der Waals surface area contributed by atoms with Crippen LogP contribution in [0.1, 0.15) is 46.1 Å². The fourth-order valence-corrected chi connectivity index (χ4v) is 3.92. The summed E-state index contributed by atoms with van der Waals surface area (Å²) in [5, 5.41) is 8.58. The minimum Gasteiger partial charge on any atom is -0.348 e. The van der Waals surface area contributed by atoms with E-state index in [0.717, 1.165) is 11.1 Å². The summed E-state index contributed by atoms with van der Waals surface area (Å²) in [4.78, 5) is 13.7. The molecule has 0 saturated heterocycles. The Kier molecular flexibility index (Phi) is 6.43. The number of hydrogen-bond donors (Lipinski definition) is 2. The van der Waals surface area contributed by atoms with Gasteiger partial charge in [0.05, 0.1) is 18.6 Å². The van der Waals surface area contributed by atoms with Crippen molar-refractivity contribution in [3.05, 3.63) is 93.2 Å². The Hall–Kier alpha value is -2.43. The average Bonchev–Trinajstić information content (AvgIpc) is 3.19. The van der Waals surface area contributed by atoms with Gasteiger partial charge >= 0.3 is 0 Å². The van der Waals surface area contributed by atoms with Gasteiger partial charge < -0.3 is 5.32 Å². The van der Waals surface area contributed by atoms with Crippen LogP contribution in [0, 0.1) is 13.8 Å². The molecule has 1 amide bonds. The SMILES string of the molecule is Cc1ccc([C@H](C)NC(=O)CN[C@H](c2ccccc2)c2cccs2)cc1C. The first kappa shape index (κ1) is 19.3. The molecule has 0 bridgehead atoms. The van der Waals surface area contributed by atoms with Crippen LogP contribution in [0.2, 0.25) is 0 Å². The van der Waals surface area contributed by atoms with Gasteiger partial charge in [-0.15, -0.1) is 11.3 Å². The fourth-order valence-electron chi connectivity index (χ4n) is 3.09. The van der Waals surface area contributed by atoms with Gasteiger partial charge in [-0.3, -0.25) is 10.1 Å². The summed E-state index contributed by atoms with van der Waals surface area (Å²) < 4.78 is 0. The van der Waals surface area contributed by atoms with Crippen LogP contribution in [0.3, 0.4) is 0 Å². The molecule has 3 aromatic rings. The number of hydrogen-bond acceptors (Lipinski definition) is 3. The molecule has 0 aliphatic heterocycles. The summed E-state index contributed by atoms with van der Waals surface area (Å²) in [6.45, 7) is 6.49. The number of nitrogens with one attached hydrogen (secondary N) is 2. The van der Waals surface area contributed by atoms with Crippen molar-refractivity contribution in [2.24, 2.45) is 0 Å². The summed E-state index contributed by atoms with van der Waals surface area (Å²) in [7, 11) is 0. The fraction of sp³-hybridized carbons (Fsp3) is 0.261. The van der Waals surface area contributed by atoms with Crippen molar-refractivity contribution in [3.8, 4) is 0 Å². The zero-order valence-electron chi connectivity index (χ0n) is 16.0. The van der Waals surface area contributed by atoms with Crippen LogP contribution in [0.25, 0.3) is 0 Å². The number of thiophene rings is 1. The second-order valence-electron chi connectivity index (χ2n) is 6.87. The van der Waals surface area contributed by atoms with Crippen molar-refractivity contribution in [2.75, 3.05) is 6.54 Å². The highest BCUT2D eigenvalue weighted by Gasteiger charge is 2.17. The van der Waals surface area contributed by atoms with Gasteiger partial charge in [-0.05, 0) is 54.5 Å². The third-order valence-corrected chi connectivity index (χ3v) is 5.77. The van der Waals surface area contributed by atoms with E-state index in [1.54, 1.807) is 11.3 Å². The smallest absolute Gasteiger partial charge is 0.234 e. The van der Waals surface area contributed by atoms with Crippen molar-refractivity contribution in [1.82, 2.24) is 10.6 Å². The van der Waals surface area contributed by atoms with Crippen LogP contribution in [-0.2, 0) is 4.79 Å². The number of carbonyl (C=O) groups excluding carboxylic acids is 1. The molecule has 2 aromatic carbocycles. The zero-order valence-corrected chi connectivity index (χ0v) is 16.8. The molecular weight excluding hydrogens is 352 g/mol. The maximum absolute atomic E-state index is 12.5. The molecule has 27 heavy (non-hydrogen) atoms. The number of carbonyl (C=O) groups is 1. The predicted molar refractivity (Wildman–Crippen MR) is 113 cm³/mol. The third-order valence-electron chi connectivity index (χ3n) is 4.84. The van der Waals surface area contributed by atoms with Gasteiger partial charge in [0.1, 0.15) is 0 Å². The summed E-state index contributed by atoms with van der Waals surface area (Å²) in [6, 6.07) is 20.7. The van der Waals surface area contributed by atoms with Gasteiger partial charge in [-0.2, -0.15) is 0 Å². The maximum atomic E-state index is 12.5. The highest BCUT2D eigenvalue weighted by Crippen LogP contribution is 2.25. The Morgan fingerprint density at radius 3 is 2.41 bits per heavy atom.